The molecule has 0 saturated heterocycles. The second-order valence-corrected chi connectivity index (χ2v) is 4.87. The molecule has 0 saturated carbocycles. The van der Waals surface area contributed by atoms with Gasteiger partial charge in [-0.05, 0) is 41.0 Å². The SMILES string of the molecule is [CH2]CN(Cc1ccc(F)cc1)c1ccc([N+](=O)[O-])c2nonc12. The minimum Gasteiger partial charge on any atom is -0.365 e. The largest absolute Gasteiger partial charge is 0.365 e. The molecule has 1 radical (unpaired) electrons. The minimum atomic E-state index is -0.537. The second kappa shape index (κ2) is 5.99. The van der Waals surface area contributed by atoms with Gasteiger partial charge >= 0.3 is 5.69 Å². The summed E-state index contributed by atoms with van der Waals surface area (Å²) in [6.07, 6.45) is 0. The van der Waals surface area contributed by atoms with E-state index in [-0.39, 0.29) is 17.0 Å². The highest BCUT2D eigenvalue weighted by atomic mass is 19.1. The van der Waals surface area contributed by atoms with Crippen molar-refractivity contribution in [2.75, 3.05) is 11.4 Å². The number of anilines is 1. The smallest absolute Gasteiger partial charge is 0.300 e. The molecule has 0 fully saturated rings. The van der Waals surface area contributed by atoms with Crippen LogP contribution in [0.5, 0.6) is 0 Å². The maximum atomic E-state index is 13.0. The third kappa shape index (κ3) is 2.83. The molecule has 7 nitrogen and oxygen atoms in total. The first kappa shape index (κ1) is 14.9. The maximum Gasteiger partial charge on any atom is 0.300 e. The van der Waals surface area contributed by atoms with E-state index >= 15 is 0 Å². The Balaban J connectivity index is 2.00. The molecule has 0 N–H and O–H groups in total. The van der Waals surface area contributed by atoms with Crippen LogP contribution >= 0.6 is 0 Å². The quantitative estimate of drug-likeness (QED) is 0.531. The summed E-state index contributed by atoms with van der Waals surface area (Å²) in [5.41, 5.74) is 1.70. The zero-order valence-corrected chi connectivity index (χ0v) is 12.0. The van der Waals surface area contributed by atoms with E-state index < -0.39 is 4.92 Å². The van der Waals surface area contributed by atoms with E-state index in [1.807, 2.05) is 4.90 Å². The molecule has 0 aliphatic rings. The first-order valence-electron chi connectivity index (χ1n) is 6.78. The Kier molecular flexibility index (Phi) is 3.88. The molecule has 3 aromatic rings. The third-order valence-electron chi connectivity index (χ3n) is 3.47. The highest BCUT2D eigenvalue weighted by molar-refractivity contribution is 5.93. The number of benzene rings is 2. The number of hydrogen-bond acceptors (Lipinski definition) is 6. The van der Waals surface area contributed by atoms with Crippen LogP contribution in [0.3, 0.4) is 0 Å². The van der Waals surface area contributed by atoms with Gasteiger partial charge in [-0.1, -0.05) is 12.1 Å². The van der Waals surface area contributed by atoms with E-state index in [4.69, 9.17) is 0 Å². The molecular weight excluding hydrogens is 303 g/mol. The molecule has 3 rings (SSSR count). The molecule has 0 unspecified atom stereocenters. The second-order valence-electron chi connectivity index (χ2n) is 4.87. The average molecular weight is 315 g/mol. The molecule has 2 aromatic carbocycles. The van der Waals surface area contributed by atoms with Crippen molar-refractivity contribution >= 4 is 22.4 Å². The highest BCUT2D eigenvalue weighted by Gasteiger charge is 2.22. The van der Waals surface area contributed by atoms with Crippen LogP contribution < -0.4 is 4.90 Å². The van der Waals surface area contributed by atoms with Crippen LogP contribution in [0.2, 0.25) is 0 Å². The van der Waals surface area contributed by atoms with E-state index in [1.165, 1.54) is 18.2 Å². The van der Waals surface area contributed by atoms with Crippen molar-refractivity contribution in [1.29, 1.82) is 0 Å². The molecule has 0 bridgehead atoms. The molecule has 0 spiro atoms. The molecule has 8 heteroatoms. The maximum absolute atomic E-state index is 13.0. The van der Waals surface area contributed by atoms with Crippen molar-refractivity contribution in [2.45, 2.75) is 6.54 Å². The number of rotatable bonds is 5. The number of non-ortho nitro benzene ring substituents is 1. The molecule has 1 aromatic heterocycles. The summed E-state index contributed by atoms with van der Waals surface area (Å²) in [7, 11) is 0. The van der Waals surface area contributed by atoms with E-state index in [9.17, 15) is 14.5 Å². The van der Waals surface area contributed by atoms with Gasteiger partial charge in [0.2, 0.25) is 5.52 Å². The fourth-order valence-electron chi connectivity index (χ4n) is 2.34. The van der Waals surface area contributed by atoms with Gasteiger partial charge in [0.1, 0.15) is 5.82 Å². The van der Waals surface area contributed by atoms with Gasteiger partial charge in [-0.2, -0.15) is 0 Å². The van der Waals surface area contributed by atoms with Crippen LogP contribution in [0.25, 0.3) is 11.0 Å². The number of nitro groups is 1. The van der Waals surface area contributed by atoms with Gasteiger partial charge in [-0.25, -0.2) is 9.02 Å². The lowest BCUT2D eigenvalue weighted by molar-refractivity contribution is -0.383. The lowest BCUT2D eigenvalue weighted by atomic mass is 10.1. The Morgan fingerprint density at radius 3 is 2.52 bits per heavy atom. The third-order valence-corrected chi connectivity index (χ3v) is 3.47. The van der Waals surface area contributed by atoms with Gasteiger partial charge in [0, 0.05) is 19.2 Å². The van der Waals surface area contributed by atoms with Crippen molar-refractivity contribution in [2.24, 2.45) is 0 Å². The fraction of sp³-hybridized carbons (Fsp3) is 0.133. The van der Waals surface area contributed by atoms with E-state index in [1.54, 1.807) is 18.2 Å². The lowest BCUT2D eigenvalue weighted by Gasteiger charge is -2.23. The fourth-order valence-corrected chi connectivity index (χ4v) is 2.34. The van der Waals surface area contributed by atoms with Crippen LogP contribution in [-0.4, -0.2) is 21.8 Å². The van der Waals surface area contributed by atoms with Crippen LogP contribution in [0.4, 0.5) is 15.8 Å². The Morgan fingerprint density at radius 1 is 1.17 bits per heavy atom. The first-order chi connectivity index (χ1) is 11.1. The average Bonchev–Trinajstić information content (AvgIpc) is 3.03. The summed E-state index contributed by atoms with van der Waals surface area (Å²) < 4.78 is 17.7. The van der Waals surface area contributed by atoms with Gasteiger partial charge in [-0.15, -0.1) is 0 Å². The topological polar surface area (TPSA) is 85.3 Å². The predicted octanol–water partition coefficient (Wildman–Crippen LogP) is 3.11. The summed E-state index contributed by atoms with van der Waals surface area (Å²) in [5, 5.41) is 18.4. The van der Waals surface area contributed by atoms with Crippen molar-refractivity contribution in [1.82, 2.24) is 10.3 Å². The van der Waals surface area contributed by atoms with E-state index in [0.717, 1.165) is 5.56 Å². The first-order valence-corrected chi connectivity index (χ1v) is 6.78. The summed E-state index contributed by atoms with van der Waals surface area (Å²) in [5.74, 6) is -0.312. The van der Waals surface area contributed by atoms with Gasteiger partial charge in [-0.3, -0.25) is 10.1 Å². The Morgan fingerprint density at radius 2 is 1.87 bits per heavy atom. The minimum absolute atomic E-state index is 0.0880. The number of hydrogen-bond donors (Lipinski definition) is 0. The van der Waals surface area contributed by atoms with Gasteiger partial charge in [0.05, 0.1) is 10.6 Å². The van der Waals surface area contributed by atoms with E-state index in [2.05, 4.69) is 21.9 Å². The monoisotopic (exact) mass is 315 g/mol. The highest BCUT2D eigenvalue weighted by Crippen LogP contribution is 2.31. The van der Waals surface area contributed by atoms with Crippen LogP contribution in [0.15, 0.2) is 41.0 Å². The van der Waals surface area contributed by atoms with Gasteiger partial charge < -0.3 is 4.90 Å². The summed E-state index contributed by atoms with van der Waals surface area (Å²) in [4.78, 5) is 12.3. The standard InChI is InChI=1S/C15H12FN4O3/c1-2-19(9-10-3-5-11(16)6-4-10)12-7-8-13(20(21)22)15-14(12)17-23-18-15/h3-8H,1-2,9H2. The molecule has 0 aliphatic heterocycles. The van der Waals surface area contributed by atoms with Crippen molar-refractivity contribution in [3.05, 3.63) is 64.8 Å². The molecular formula is C15H12FN4O3. The molecule has 0 amide bonds. The summed E-state index contributed by atoms with van der Waals surface area (Å²) in [6, 6.07) is 9.02. The molecule has 0 aliphatic carbocycles. The molecule has 23 heavy (non-hydrogen) atoms. The number of fused-ring (bicyclic) bond motifs is 1. The Hall–Kier alpha value is -3.03. The lowest BCUT2D eigenvalue weighted by Crippen LogP contribution is -2.22. The number of nitro benzene ring substituents is 1. The summed E-state index contributed by atoms with van der Waals surface area (Å²) >= 11 is 0. The normalized spacial score (nSPS) is 10.9. The zero-order chi connectivity index (χ0) is 16.4. The molecule has 1 heterocycles. The Bertz CT molecular complexity index is 848. The zero-order valence-electron chi connectivity index (χ0n) is 12.0. The van der Waals surface area contributed by atoms with Crippen LogP contribution in [0.1, 0.15) is 5.56 Å². The molecule has 0 atom stereocenters. The molecule has 117 valence electrons. The summed E-state index contributed by atoms with van der Waals surface area (Å²) in [6.45, 7) is 4.70. The van der Waals surface area contributed by atoms with Gasteiger partial charge in [0.25, 0.3) is 0 Å². The van der Waals surface area contributed by atoms with Crippen molar-refractivity contribution in [3.8, 4) is 0 Å². The van der Waals surface area contributed by atoms with Crippen LogP contribution in [-0.2, 0) is 6.54 Å². The van der Waals surface area contributed by atoms with Gasteiger partial charge in [0.15, 0.2) is 5.52 Å². The number of halogens is 1. The predicted molar refractivity (Wildman–Crippen MR) is 81.3 cm³/mol. The number of nitrogens with zero attached hydrogens (tertiary/aromatic N) is 4. The van der Waals surface area contributed by atoms with Crippen molar-refractivity contribution < 1.29 is 13.9 Å². The van der Waals surface area contributed by atoms with E-state index in [0.29, 0.717) is 24.3 Å². The Labute approximate surface area is 130 Å². The van der Waals surface area contributed by atoms with Crippen molar-refractivity contribution in [3.63, 3.8) is 0 Å². The van der Waals surface area contributed by atoms with Crippen LogP contribution in [0, 0.1) is 22.9 Å². The number of aromatic nitrogens is 2.